The van der Waals surface area contributed by atoms with E-state index >= 15 is 0 Å². The predicted molar refractivity (Wildman–Crippen MR) is 62.4 cm³/mol. The second-order valence-electron chi connectivity index (χ2n) is 3.87. The Labute approximate surface area is 102 Å². The molecule has 1 heterocycles. The number of hydrogen-bond acceptors (Lipinski definition) is 4. The molecule has 1 aromatic carbocycles. The number of benzene rings is 1. The van der Waals surface area contributed by atoms with Crippen LogP contribution in [0.4, 0.5) is 14.7 Å². The van der Waals surface area contributed by atoms with Gasteiger partial charge >= 0.3 is 0 Å². The number of ether oxygens (including phenoxy) is 1. The number of aryl methyl sites for hydroxylation is 2. The van der Waals surface area contributed by atoms with E-state index in [0.29, 0.717) is 11.3 Å². The first kappa shape index (κ1) is 12.2. The molecule has 0 amide bonds. The predicted octanol–water partition coefficient (Wildman–Crippen LogP) is 2.75. The molecule has 0 atom stereocenters. The molecule has 0 saturated heterocycles. The molecule has 0 aliphatic heterocycles. The molecule has 0 aliphatic carbocycles. The van der Waals surface area contributed by atoms with Crippen LogP contribution in [0.5, 0.6) is 11.6 Å². The summed E-state index contributed by atoms with van der Waals surface area (Å²) < 4.78 is 32.2. The maximum absolute atomic E-state index is 13.6. The van der Waals surface area contributed by atoms with Crippen molar-refractivity contribution in [1.82, 2.24) is 9.97 Å². The molecule has 18 heavy (non-hydrogen) atoms. The molecule has 6 heteroatoms. The van der Waals surface area contributed by atoms with E-state index in [1.54, 1.807) is 13.8 Å². The van der Waals surface area contributed by atoms with Crippen LogP contribution in [0.15, 0.2) is 18.2 Å². The number of halogens is 2. The lowest BCUT2D eigenvalue weighted by Crippen LogP contribution is -2.00. The van der Waals surface area contributed by atoms with Crippen molar-refractivity contribution in [1.29, 1.82) is 0 Å². The second kappa shape index (κ2) is 4.56. The first-order valence-corrected chi connectivity index (χ1v) is 5.20. The molecule has 0 saturated carbocycles. The minimum atomic E-state index is -0.790. The molecule has 0 fully saturated rings. The molecule has 0 radical (unpaired) electrons. The fraction of sp³-hybridized carbons (Fsp3) is 0.167. The van der Waals surface area contributed by atoms with Crippen molar-refractivity contribution in [2.75, 3.05) is 5.73 Å². The average Bonchev–Trinajstić information content (AvgIpc) is 2.22. The topological polar surface area (TPSA) is 61.0 Å². The highest BCUT2D eigenvalue weighted by Gasteiger charge is 2.13. The van der Waals surface area contributed by atoms with Gasteiger partial charge in [-0.05, 0) is 31.5 Å². The van der Waals surface area contributed by atoms with Gasteiger partial charge in [-0.2, -0.15) is 4.98 Å². The zero-order chi connectivity index (χ0) is 13.3. The third-order valence-electron chi connectivity index (χ3n) is 2.20. The van der Waals surface area contributed by atoms with Crippen LogP contribution in [0.2, 0.25) is 0 Å². The highest BCUT2D eigenvalue weighted by Crippen LogP contribution is 2.27. The number of nitrogen functional groups attached to an aromatic ring is 1. The smallest absolute Gasteiger partial charge is 0.224 e. The first-order valence-electron chi connectivity index (χ1n) is 5.20. The van der Waals surface area contributed by atoms with Gasteiger partial charge in [0.05, 0.1) is 0 Å². The Morgan fingerprint density at radius 2 is 1.67 bits per heavy atom. The highest BCUT2D eigenvalue weighted by molar-refractivity contribution is 5.35. The molecule has 0 spiro atoms. The van der Waals surface area contributed by atoms with E-state index in [-0.39, 0.29) is 11.8 Å². The molecule has 2 rings (SSSR count). The summed E-state index contributed by atoms with van der Waals surface area (Å²) in [7, 11) is 0. The molecule has 94 valence electrons. The van der Waals surface area contributed by atoms with Gasteiger partial charge in [0.25, 0.3) is 0 Å². The Morgan fingerprint density at radius 3 is 2.22 bits per heavy atom. The van der Waals surface area contributed by atoms with Crippen molar-refractivity contribution < 1.29 is 13.5 Å². The van der Waals surface area contributed by atoms with Gasteiger partial charge in [0.15, 0.2) is 11.6 Å². The lowest BCUT2D eigenvalue weighted by Gasteiger charge is -2.08. The molecule has 0 bridgehead atoms. The molecule has 4 nitrogen and oxygen atoms in total. The van der Waals surface area contributed by atoms with Gasteiger partial charge in [-0.15, -0.1) is 0 Å². The third-order valence-corrected chi connectivity index (χ3v) is 2.20. The maximum atomic E-state index is 13.6. The number of nitrogens with zero attached hydrogens (tertiary/aromatic N) is 2. The van der Waals surface area contributed by atoms with Crippen molar-refractivity contribution in [2.24, 2.45) is 0 Å². The van der Waals surface area contributed by atoms with Crippen molar-refractivity contribution in [3.63, 3.8) is 0 Å². The lowest BCUT2D eigenvalue weighted by molar-refractivity contribution is 0.394. The second-order valence-corrected chi connectivity index (χ2v) is 3.87. The standard InChI is InChI=1S/C12H11F2N3O/c1-6-3-8(13)11(9(14)4-6)18-10-5-7(2)16-12(15)17-10/h3-5H,1-2H3,(H2,15,16,17). The summed E-state index contributed by atoms with van der Waals surface area (Å²) in [6, 6.07) is 3.79. The quantitative estimate of drug-likeness (QED) is 0.891. The molecule has 2 N–H and O–H groups in total. The van der Waals surface area contributed by atoms with Gasteiger partial charge in [0, 0.05) is 11.8 Å². The molecule has 0 unspecified atom stereocenters. The Kier molecular flexibility index (Phi) is 3.10. The zero-order valence-electron chi connectivity index (χ0n) is 9.87. The fourth-order valence-corrected chi connectivity index (χ4v) is 1.50. The number of hydrogen-bond donors (Lipinski definition) is 1. The van der Waals surface area contributed by atoms with Crippen molar-refractivity contribution in [3.8, 4) is 11.6 Å². The van der Waals surface area contributed by atoms with Gasteiger partial charge in [-0.3, -0.25) is 0 Å². The van der Waals surface area contributed by atoms with Gasteiger partial charge in [-0.1, -0.05) is 0 Å². The fourth-order valence-electron chi connectivity index (χ4n) is 1.50. The van der Waals surface area contributed by atoms with E-state index in [4.69, 9.17) is 10.5 Å². The van der Waals surface area contributed by atoms with E-state index in [9.17, 15) is 8.78 Å². The van der Waals surface area contributed by atoms with E-state index in [1.807, 2.05) is 0 Å². The number of nitrogens with two attached hydrogens (primary N) is 1. The van der Waals surface area contributed by atoms with Crippen LogP contribution in [0.1, 0.15) is 11.3 Å². The minimum absolute atomic E-state index is 0.00153. The minimum Gasteiger partial charge on any atom is -0.433 e. The van der Waals surface area contributed by atoms with Crippen LogP contribution in [0.3, 0.4) is 0 Å². The summed E-state index contributed by atoms with van der Waals surface area (Å²) in [5, 5.41) is 0. The summed E-state index contributed by atoms with van der Waals surface area (Å²) in [6.45, 7) is 3.26. The molecular weight excluding hydrogens is 240 g/mol. The van der Waals surface area contributed by atoms with Gasteiger partial charge < -0.3 is 10.5 Å². The number of rotatable bonds is 2. The Morgan fingerprint density at radius 1 is 1.06 bits per heavy atom. The van der Waals surface area contributed by atoms with Crippen LogP contribution in [-0.4, -0.2) is 9.97 Å². The van der Waals surface area contributed by atoms with E-state index in [0.717, 1.165) is 0 Å². The highest BCUT2D eigenvalue weighted by atomic mass is 19.1. The summed E-state index contributed by atoms with van der Waals surface area (Å²) in [5.74, 6) is -2.10. The van der Waals surface area contributed by atoms with Crippen molar-refractivity contribution >= 4 is 5.95 Å². The summed E-state index contributed by atoms with van der Waals surface area (Å²) in [5.41, 5.74) is 6.44. The Hall–Kier alpha value is -2.24. The monoisotopic (exact) mass is 251 g/mol. The van der Waals surface area contributed by atoms with E-state index < -0.39 is 17.4 Å². The Bertz CT molecular complexity index is 559. The molecule has 2 aromatic rings. The van der Waals surface area contributed by atoms with Crippen LogP contribution >= 0.6 is 0 Å². The van der Waals surface area contributed by atoms with Crippen LogP contribution in [0.25, 0.3) is 0 Å². The summed E-state index contributed by atoms with van der Waals surface area (Å²) in [6.07, 6.45) is 0. The van der Waals surface area contributed by atoms with Crippen LogP contribution < -0.4 is 10.5 Å². The molecule has 0 aliphatic rings. The zero-order valence-corrected chi connectivity index (χ0v) is 9.87. The summed E-state index contributed by atoms with van der Waals surface area (Å²) in [4.78, 5) is 7.58. The normalized spacial score (nSPS) is 10.4. The molecule has 1 aromatic heterocycles. The maximum Gasteiger partial charge on any atom is 0.224 e. The first-order chi connectivity index (χ1) is 8.45. The van der Waals surface area contributed by atoms with E-state index in [1.165, 1.54) is 18.2 Å². The van der Waals surface area contributed by atoms with Crippen LogP contribution in [-0.2, 0) is 0 Å². The Balaban J connectivity index is 2.40. The van der Waals surface area contributed by atoms with Gasteiger partial charge in [0.1, 0.15) is 0 Å². The number of aromatic nitrogens is 2. The van der Waals surface area contributed by atoms with Crippen molar-refractivity contribution in [3.05, 3.63) is 41.1 Å². The van der Waals surface area contributed by atoms with Crippen LogP contribution in [0, 0.1) is 25.5 Å². The van der Waals surface area contributed by atoms with Crippen molar-refractivity contribution in [2.45, 2.75) is 13.8 Å². The third kappa shape index (κ3) is 2.53. The van der Waals surface area contributed by atoms with Gasteiger partial charge in [0.2, 0.25) is 17.6 Å². The van der Waals surface area contributed by atoms with Gasteiger partial charge in [-0.25, -0.2) is 13.8 Å². The summed E-state index contributed by atoms with van der Waals surface area (Å²) >= 11 is 0. The van der Waals surface area contributed by atoms with E-state index in [2.05, 4.69) is 9.97 Å². The average molecular weight is 251 g/mol. The number of anilines is 1. The largest absolute Gasteiger partial charge is 0.433 e. The SMILES string of the molecule is Cc1cc(F)c(Oc2cc(C)nc(N)n2)c(F)c1. The molecular formula is C12H11F2N3O. The lowest BCUT2D eigenvalue weighted by atomic mass is 10.2.